The third-order valence-corrected chi connectivity index (χ3v) is 13.5. The molecule has 57 heavy (non-hydrogen) atoms. The fourth-order valence-electron chi connectivity index (χ4n) is 8.49. The van der Waals surface area contributed by atoms with E-state index in [0.717, 1.165) is 56.0 Å². The van der Waals surface area contributed by atoms with Crippen LogP contribution in [0.1, 0.15) is 0 Å². The molecule has 0 bridgehead atoms. The highest BCUT2D eigenvalue weighted by Crippen LogP contribution is 2.45. The summed E-state index contributed by atoms with van der Waals surface area (Å²) in [5.41, 5.74) is 12.0. The van der Waals surface area contributed by atoms with Gasteiger partial charge in [-0.2, -0.15) is 0 Å². The van der Waals surface area contributed by atoms with Gasteiger partial charge in [0, 0.05) is 62.5 Å². The Bertz CT molecular complexity index is 3520. The lowest BCUT2D eigenvalue weighted by Crippen LogP contribution is -1.97. The molecule has 0 aliphatic rings. The second-order valence-corrected chi connectivity index (χ2v) is 16.7. The van der Waals surface area contributed by atoms with Crippen molar-refractivity contribution in [1.82, 2.24) is 14.5 Å². The summed E-state index contributed by atoms with van der Waals surface area (Å²) in [6, 6.07) is 67.8. The molecule has 4 aromatic heterocycles. The topological polar surface area (TPSA) is 30.7 Å². The van der Waals surface area contributed by atoms with Crippen molar-refractivity contribution < 1.29 is 0 Å². The van der Waals surface area contributed by atoms with Crippen LogP contribution in [0.4, 0.5) is 0 Å². The van der Waals surface area contributed by atoms with E-state index in [1.165, 1.54) is 56.9 Å². The molecule has 0 amide bonds. The largest absolute Gasteiger partial charge is 0.292 e. The summed E-state index contributed by atoms with van der Waals surface area (Å²) in [4.78, 5) is 10.5. The van der Waals surface area contributed by atoms with Crippen LogP contribution in [0.2, 0.25) is 0 Å². The SMILES string of the molecule is c1ccc(-c2nc3ccccc3n2-c2ccc(-c3cc(-c4ccc5sc6ccccc6c5c4)cc(-c4nc5ccccc5c5sc6ccccc6c45)c3)cc2)cc1. The fourth-order valence-corrected chi connectivity index (χ4v) is 10.8. The number of benzene rings is 8. The minimum atomic E-state index is 0.930. The van der Waals surface area contributed by atoms with E-state index in [-0.39, 0.29) is 0 Å². The van der Waals surface area contributed by atoms with Gasteiger partial charge in [0.25, 0.3) is 0 Å². The van der Waals surface area contributed by atoms with Crippen molar-refractivity contribution in [2.24, 2.45) is 0 Å². The molecule has 0 unspecified atom stereocenters. The number of nitrogens with zero attached hydrogens (tertiary/aromatic N) is 3. The van der Waals surface area contributed by atoms with Crippen molar-refractivity contribution in [1.29, 1.82) is 0 Å². The lowest BCUT2D eigenvalue weighted by Gasteiger charge is -2.14. The number of hydrogen-bond donors (Lipinski definition) is 0. The summed E-state index contributed by atoms with van der Waals surface area (Å²) in [5.74, 6) is 0.930. The quantitative estimate of drug-likeness (QED) is 0.175. The molecule has 0 N–H and O–H groups in total. The molecule has 0 spiro atoms. The minimum Gasteiger partial charge on any atom is -0.292 e. The van der Waals surface area contributed by atoms with E-state index in [1.807, 2.05) is 28.7 Å². The average Bonchev–Trinajstić information content (AvgIpc) is 3.98. The molecule has 0 aliphatic carbocycles. The van der Waals surface area contributed by atoms with Crippen LogP contribution in [0.5, 0.6) is 0 Å². The molecule has 0 saturated heterocycles. The van der Waals surface area contributed by atoms with Crippen LogP contribution in [-0.2, 0) is 0 Å². The Hall–Kier alpha value is -6.92. The van der Waals surface area contributed by atoms with E-state index in [0.29, 0.717) is 0 Å². The summed E-state index contributed by atoms with van der Waals surface area (Å²) < 4.78 is 7.44. The van der Waals surface area contributed by atoms with E-state index in [4.69, 9.17) is 9.97 Å². The zero-order chi connectivity index (χ0) is 37.5. The van der Waals surface area contributed by atoms with Gasteiger partial charge in [0.1, 0.15) is 5.82 Å². The van der Waals surface area contributed by atoms with E-state index in [9.17, 15) is 0 Å². The Labute approximate surface area is 336 Å². The van der Waals surface area contributed by atoms with Gasteiger partial charge in [-0.05, 0) is 95.1 Å². The maximum atomic E-state index is 5.46. The molecule has 0 radical (unpaired) electrons. The molecule has 12 aromatic rings. The lowest BCUT2D eigenvalue weighted by atomic mass is 9.92. The minimum absolute atomic E-state index is 0.930. The van der Waals surface area contributed by atoms with Crippen molar-refractivity contribution >= 4 is 85.0 Å². The highest BCUT2D eigenvalue weighted by Gasteiger charge is 2.19. The third-order valence-electron chi connectivity index (χ3n) is 11.2. The molecular weight excluding hydrogens is 731 g/mol. The predicted molar refractivity (Wildman–Crippen MR) is 244 cm³/mol. The molecule has 0 saturated carbocycles. The second-order valence-electron chi connectivity index (χ2n) is 14.6. The number of fused-ring (bicyclic) bond motifs is 9. The smallest absolute Gasteiger partial charge is 0.145 e. The Morgan fingerprint density at radius 3 is 1.81 bits per heavy atom. The van der Waals surface area contributed by atoms with Crippen LogP contribution in [-0.4, -0.2) is 14.5 Å². The number of aromatic nitrogens is 3. The monoisotopic (exact) mass is 761 g/mol. The van der Waals surface area contributed by atoms with Gasteiger partial charge < -0.3 is 0 Å². The zero-order valence-corrected chi connectivity index (χ0v) is 32.2. The summed E-state index contributed by atoms with van der Waals surface area (Å²) in [5, 5.41) is 6.25. The molecule has 4 heterocycles. The van der Waals surface area contributed by atoms with Gasteiger partial charge in [-0.25, -0.2) is 9.97 Å². The van der Waals surface area contributed by atoms with Gasteiger partial charge in [-0.15, -0.1) is 22.7 Å². The number of imidazole rings is 1. The van der Waals surface area contributed by atoms with Crippen molar-refractivity contribution in [3.63, 3.8) is 0 Å². The molecule has 12 rings (SSSR count). The first-order chi connectivity index (χ1) is 28.2. The van der Waals surface area contributed by atoms with Crippen LogP contribution >= 0.6 is 22.7 Å². The van der Waals surface area contributed by atoms with E-state index < -0.39 is 0 Å². The Balaban J connectivity index is 1.08. The molecular formula is C52H31N3S2. The molecule has 0 aliphatic heterocycles. The van der Waals surface area contributed by atoms with Gasteiger partial charge in [0.15, 0.2) is 0 Å². The third kappa shape index (κ3) is 5.24. The number of pyridine rings is 1. The molecule has 0 fully saturated rings. The molecule has 8 aromatic carbocycles. The normalized spacial score (nSPS) is 11.9. The molecule has 266 valence electrons. The molecule has 5 heteroatoms. The number of thiophene rings is 2. The molecule has 3 nitrogen and oxygen atoms in total. The summed E-state index contributed by atoms with van der Waals surface area (Å²) >= 11 is 3.71. The average molecular weight is 762 g/mol. The first-order valence-corrected chi connectivity index (χ1v) is 20.8. The van der Waals surface area contributed by atoms with Crippen LogP contribution in [0.25, 0.3) is 113 Å². The van der Waals surface area contributed by atoms with E-state index in [1.54, 1.807) is 0 Å². The Morgan fingerprint density at radius 2 is 0.982 bits per heavy atom. The van der Waals surface area contributed by atoms with Gasteiger partial charge in [-0.1, -0.05) is 115 Å². The van der Waals surface area contributed by atoms with Crippen LogP contribution < -0.4 is 0 Å². The predicted octanol–water partition coefficient (Wildman–Crippen LogP) is 15.0. The maximum absolute atomic E-state index is 5.46. The van der Waals surface area contributed by atoms with Crippen molar-refractivity contribution in [3.8, 4) is 50.6 Å². The van der Waals surface area contributed by atoms with E-state index >= 15 is 0 Å². The van der Waals surface area contributed by atoms with Gasteiger partial charge in [0.2, 0.25) is 0 Å². The first-order valence-electron chi connectivity index (χ1n) is 19.1. The number of para-hydroxylation sites is 3. The Morgan fingerprint density at radius 1 is 0.368 bits per heavy atom. The van der Waals surface area contributed by atoms with Crippen LogP contribution in [0, 0.1) is 0 Å². The standard InChI is InChI=1S/C52H31N3S2/c1-2-12-33(13-3-1)52-54-44-18-8-9-19-45(44)55(52)38-25-22-32(23-26-38)35-28-36(34-24-27-48-42(31-34)39-14-5-10-20-46(39)56-48)30-37(29-35)50-49-41-16-6-11-21-47(41)57-51(49)40-15-4-7-17-43(40)53-50/h1-31H. The fraction of sp³-hybridized carbons (Fsp3) is 0. The number of rotatable bonds is 5. The summed E-state index contributed by atoms with van der Waals surface area (Å²) in [6.07, 6.45) is 0. The first kappa shape index (κ1) is 32.3. The summed E-state index contributed by atoms with van der Waals surface area (Å²) in [7, 11) is 0. The van der Waals surface area contributed by atoms with Gasteiger partial charge in [0.05, 0.1) is 22.2 Å². The lowest BCUT2D eigenvalue weighted by molar-refractivity contribution is 1.10. The zero-order valence-electron chi connectivity index (χ0n) is 30.6. The summed E-state index contributed by atoms with van der Waals surface area (Å²) in [6.45, 7) is 0. The van der Waals surface area contributed by atoms with Crippen molar-refractivity contribution in [2.45, 2.75) is 0 Å². The van der Waals surface area contributed by atoms with Gasteiger partial charge in [-0.3, -0.25) is 4.57 Å². The van der Waals surface area contributed by atoms with Crippen LogP contribution in [0.15, 0.2) is 188 Å². The van der Waals surface area contributed by atoms with Crippen molar-refractivity contribution in [2.75, 3.05) is 0 Å². The van der Waals surface area contributed by atoms with Crippen LogP contribution in [0.3, 0.4) is 0 Å². The van der Waals surface area contributed by atoms with Crippen molar-refractivity contribution in [3.05, 3.63) is 188 Å². The highest BCUT2D eigenvalue weighted by molar-refractivity contribution is 7.27. The van der Waals surface area contributed by atoms with E-state index in [2.05, 4.69) is 187 Å². The van der Waals surface area contributed by atoms with Gasteiger partial charge >= 0.3 is 0 Å². The number of hydrogen-bond acceptors (Lipinski definition) is 4. The Kier molecular flexibility index (Phi) is 7.27. The highest BCUT2D eigenvalue weighted by atomic mass is 32.1. The molecule has 0 atom stereocenters. The maximum Gasteiger partial charge on any atom is 0.145 e. The second kappa shape index (κ2) is 12.8.